The minimum Gasteiger partial charge on any atom is -0.278 e. The fourth-order valence-corrected chi connectivity index (χ4v) is 1.66. The molecule has 2 unspecified atom stereocenters. The normalized spacial score (nSPS) is 50.6. The van der Waals surface area contributed by atoms with Crippen molar-refractivity contribution in [2.75, 3.05) is 0 Å². The maximum atomic E-state index is 5.43. The van der Waals surface area contributed by atoms with Gasteiger partial charge in [0, 0.05) is 0 Å². The van der Waals surface area contributed by atoms with Crippen LogP contribution in [0.15, 0.2) is 0 Å². The summed E-state index contributed by atoms with van der Waals surface area (Å²) >= 11 is 0. The lowest BCUT2D eigenvalue weighted by atomic mass is 10.3. The minimum absolute atomic E-state index is 0.00751. The SMILES string of the molecule is CC1CC1(C)ONNO[C@]1(C)C[C@@H]1C. The summed E-state index contributed by atoms with van der Waals surface area (Å²) in [6, 6.07) is 0. The molecule has 14 heavy (non-hydrogen) atoms. The zero-order chi connectivity index (χ0) is 10.4. The van der Waals surface area contributed by atoms with Crippen LogP contribution in [0.3, 0.4) is 0 Å². The summed E-state index contributed by atoms with van der Waals surface area (Å²) in [7, 11) is 0. The summed E-state index contributed by atoms with van der Waals surface area (Å²) < 4.78 is 0. The summed E-state index contributed by atoms with van der Waals surface area (Å²) in [5.41, 5.74) is 5.31. The zero-order valence-corrected chi connectivity index (χ0v) is 9.39. The van der Waals surface area contributed by atoms with E-state index in [1.807, 2.05) is 0 Å². The molecule has 2 N–H and O–H groups in total. The number of nitrogens with one attached hydrogen (secondary N) is 2. The maximum Gasteiger partial charge on any atom is 0.0916 e. The monoisotopic (exact) mass is 200 g/mol. The van der Waals surface area contributed by atoms with E-state index in [0.717, 1.165) is 12.8 Å². The van der Waals surface area contributed by atoms with E-state index in [0.29, 0.717) is 11.8 Å². The minimum atomic E-state index is -0.00751. The average molecular weight is 200 g/mol. The topological polar surface area (TPSA) is 42.5 Å². The van der Waals surface area contributed by atoms with E-state index in [-0.39, 0.29) is 11.2 Å². The highest BCUT2D eigenvalue weighted by molar-refractivity contribution is 4.98. The van der Waals surface area contributed by atoms with Crippen LogP contribution in [0.4, 0.5) is 0 Å². The van der Waals surface area contributed by atoms with Crippen LogP contribution in [0, 0.1) is 11.8 Å². The Kier molecular flexibility index (Phi) is 2.34. The first-order valence-corrected chi connectivity index (χ1v) is 5.32. The lowest BCUT2D eigenvalue weighted by Crippen LogP contribution is -2.39. The Bertz CT molecular complexity index is 212. The fourth-order valence-electron chi connectivity index (χ4n) is 1.66. The molecular weight excluding hydrogens is 180 g/mol. The van der Waals surface area contributed by atoms with Gasteiger partial charge in [0.05, 0.1) is 11.2 Å². The fraction of sp³-hybridized carbons (Fsp3) is 1.00. The molecule has 0 aromatic heterocycles. The van der Waals surface area contributed by atoms with Gasteiger partial charge in [-0.3, -0.25) is 9.68 Å². The molecule has 0 bridgehead atoms. The molecule has 0 heterocycles. The maximum absolute atomic E-state index is 5.43. The van der Waals surface area contributed by atoms with E-state index in [4.69, 9.17) is 9.68 Å². The van der Waals surface area contributed by atoms with Crippen LogP contribution < -0.4 is 11.2 Å². The van der Waals surface area contributed by atoms with Crippen LogP contribution in [0.25, 0.3) is 0 Å². The van der Waals surface area contributed by atoms with Crippen LogP contribution in [0.5, 0.6) is 0 Å². The van der Waals surface area contributed by atoms with Gasteiger partial charge < -0.3 is 0 Å². The lowest BCUT2D eigenvalue weighted by Gasteiger charge is -2.16. The molecule has 0 spiro atoms. The molecule has 82 valence electrons. The van der Waals surface area contributed by atoms with Gasteiger partial charge in [-0.2, -0.15) is 0 Å². The summed E-state index contributed by atoms with van der Waals surface area (Å²) in [6.45, 7) is 8.53. The largest absolute Gasteiger partial charge is 0.278 e. The molecule has 2 fully saturated rings. The van der Waals surface area contributed by atoms with Crippen LogP contribution >= 0.6 is 0 Å². The van der Waals surface area contributed by atoms with E-state index in [9.17, 15) is 0 Å². The molecule has 0 aromatic carbocycles. The highest BCUT2D eigenvalue weighted by Gasteiger charge is 2.50. The standard InChI is InChI=1S/C10H20N2O2/c1-7-5-9(7,3)13-11-12-14-10(4)6-8(10)2/h7-8,11-12H,5-6H2,1-4H3/t7-,8?,9+,10?/m0/s1. The summed E-state index contributed by atoms with van der Waals surface area (Å²) in [5.74, 6) is 1.26. The van der Waals surface area contributed by atoms with Gasteiger partial charge in [-0.05, 0) is 38.5 Å². The van der Waals surface area contributed by atoms with E-state index in [2.05, 4.69) is 38.9 Å². The van der Waals surface area contributed by atoms with Crippen molar-refractivity contribution in [3.63, 3.8) is 0 Å². The van der Waals surface area contributed by atoms with Gasteiger partial charge in [0.1, 0.15) is 0 Å². The summed E-state index contributed by atoms with van der Waals surface area (Å²) in [5, 5.41) is 0. The predicted molar refractivity (Wildman–Crippen MR) is 52.8 cm³/mol. The molecule has 2 saturated carbocycles. The number of hydrogen-bond donors (Lipinski definition) is 2. The number of rotatable bonds is 5. The molecule has 0 aliphatic heterocycles. The summed E-state index contributed by atoms with van der Waals surface area (Å²) in [4.78, 5) is 10.9. The van der Waals surface area contributed by atoms with Crippen molar-refractivity contribution in [3.8, 4) is 0 Å². The quantitative estimate of drug-likeness (QED) is 0.522. The third kappa shape index (κ3) is 1.93. The van der Waals surface area contributed by atoms with Gasteiger partial charge in [-0.15, -0.1) is 11.2 Å². The van der Waals surface area contributed by atoms with Gasteiger partial charge in [-0.25, -0.2) is 0 Å². The first-order chi connectivity index (χ1) is 6.46. The molecule has 2 aliphatic carbocycles. The van der Waals surface area contributed by atoms with E-state index in [1.54, 1.807) is 0 Å². The Morgan fingerprint density at radius 1 is 0.929 bits per heavy atom. The first-order valence-electron chi connectivity index (χ1n) is 5.32. The summed E-state index contributed by atoms with van der Waals surface area (Å²) in [6.07, 6.45) is 2.21. The van der Waals surface area contributed by atoms with Crippen molar-refractivity contribution < 1.29 is 9.68 Å². The van der Waals surface area contributed by atoms with Crippen molar-refractivity contribution >= 4 is 0 Å². The van der Waals surface area contributed by atoms with Crippen molar-refractivity contribution in [3.05, 3.63) is 0 Å². The molecule has 0 radical (unpaired) electrons. The lowest BCUT2D eigenvalue weighted by molar-refractivity contribution is -0.172. The zero-order valence-electron chi connectivity index (χ0n) is 9.39. The Labute approximate surface area is 85.2 Å². The third-order valence-corrected chi connectivity index (χ3v) is 3.80. The number of hydrazine groups is 1. The van der Waals surface area contributed by atoms with Crippen LogP contribution in [0.1, 0.15) is 40.5 Å². The average Bonchev–Trinajstić information content (AvgIpc) is 2.88. The number of hydrogen-bond acceptors (Lipinski definition) is 4. The Hall–Kier alpha value is -0.160. The Morgan fingerprint density at radius 2 is 1.21 bits per heavy atom. The van der Waals surface area contributed by atoms with Crippen LogP contribution in [-0.2, 0) is 9.68 Å². The van der Waals surface area contributed by atoms with E-state index < -0.39 is 0 Å². The second kappa shape index (κ2) is 3.17. The van der Waals surface area contributed by atoms with E-state index >= 15 is 0 Å². The van der Waals surface area contributed by atoms with Crippen LogP contribution in [0.2, 0.25) is 0 Å². The smallest absolute Gasteiger partial charge is 0.0916 e. The third-order valence-electron chi connectivity index (χ3n) is 3.80. The van der Waals surface area contributed by atoms with Crippen molar-refractivity contribution in [2.24, 2.45) is 11.8 Å². The molecule has 0 amide bonds. The molecule has 0 aromatic rings. The molecule has 0 saturated heterocycles. The van der Waals surface area contributed by atoms with E-state index in [1.165, 1.54) is 0 Å². The van der Waals surface area contributed by atoms with Crippen molar-refractivity contribution in [1.82, 2.24) is 11.2 Å². The van der Waals surface area contributed by atoms with Gasteiger partial charge in [0.25, 0.3) is 0 Å². The van der Waals surface area contributed by atoms with Crippen molar-refractivity contribution in [1.29, 1.82) is 0 Å². The molecule has 4 atom stereocenters. The van der Waals surface area contributed by atoms with Crippen molar-refractivity contribution in [2.45, 2.75) is 51.7 Å². The van der Waals surface area contributed by atoms with Gasteiger partial charge in [0.2, 0.25) is 0 Å². The molecular formula is C10H20N2O2. The molecule has 4 heteroatoms. The van der Waals surface area contributed by atoms with Gasteiger partial charge in [0.15, 0.2) is 0 Å². The highest BCUT2D eigenvalue weighted by Crippen LogP contribution is 2.46. The van der Waals surface area contributed by atoms with Gasteiger partial charge in [-0.1, -0.05) is 13.8 Å². The Morgan fingerprint density at radius 3 is 1.43 bits per heavy atom. The highest BCUT2D eigenvalue weighted by atomic mass is 16.8. The molecule has 2 rings (SSSR count). The predicted octanol–water partition coefficient (Wildman–Crippen LogP) is 1.54. The second-order valence-electron chi connectivity index (χ2n) is 5.24. The van der Waals surface area contributed by atoms with Gasteiger partial charge >= 0.3 is 0 Å². The second-order valence-corrected chi connectivity index (χ2v) is 5.24. The Balaban J connectivity index is 1.56. The molecule has 4 nitrogen and oxygen atoms in total. The molecule has 2 aliphatic rings. The van der Waals surface area contributed by atoms with Crippen LogP contribution in [-0.4, -0.2) is 11.2 Å². The first kappa shape index (κ1) is 10.4.